The van der Waals surface area contributed by atoms with E-state index in [9.17, 15) is 18.0 Å². The number of amides is 1. The lowest BCUT2D eigenvalue weighted by Gasteiger charge is -2.15. The maximum Gasteiger partial charge on any atom is 0.422 e. The van der Waals surface area contributed by atoms with Crippen molar-refractivity contribution in [2.75, 3.05) is 18.5 Å². The predicted molar refractivity (Wildman–Crippen MR) is 79.6 cm³/mol. The molecular formula is C16H20F3NO3. The maximum atomic E-state index is 12.2. The van der Waals surface area contributed by atoms with Gasteiger partial charge in [-0.3, -0.25) is 4.79 Å². The van der Waals surface area contributed by atoms with Gasteiger partial charge in [0, 0.05) is 24.3 Å². The van der Waals surface area contributed by atoms with Crippen molar-refractivity contribution in [1.29, 1.82) is 0 Å². The van der Waals surface area contributed by atoms with Gasteiger partial charge in [-0.15, -0.1) is 0 Å². The highest BCUT2D eigenvalue weighted by molar-refractivity contribution is 5.91. The number of halogens is 3. The third-order valence-electron chi connectivity index (χ3n) is 3.67. The van der Waals surface area contributed by atoms with Crippen LogP contribution in [0.2, 0.25) is 0 Å². The van der Waals surface area contributed by atoms with E-state index in [1.807, 2.05) is 0 Å². The Kier molecular flexibility index (Phi) is 5.87. The van der Waals surface area contributed by atoms with Crippen molar-refractivity contribution >= 4 is 11.6 Å². The standard InChI is InChI=1S/C16H20F3NO3/c1-11-13(5-2-6-14(11)23-10-16(17,18)19)20-15(21)8-7-12-4-3-9-22-12/h2,5-6,12H,3-4,7-10H2,1H3,(H,20,21)/t12-/m0/s1. The van der Waals surface area contributed by atoms with Crippen LogP contribution in [0, 0.1) is 6.92 Å². The molecule has 0 bridgehead atoms. The fraction of sp³-hybridized carbons (Fsp3) is 0.562. The SMILES string of the molecule is Cc1c(NC(=O)CC[C@@H]2CCCO2)cccc1OCC(F)(F)F. The van der Waals surface area contributed by atoms with Gasteiger partial charge in [0.25, 0.3) is 0 Å². The molecule has 1 heterocycles. The molecule has 1 atom stereocenters. The fourth-order valence-corrected chi connectivity index (χ4v) is 2.44. The Morgan fingerprint density at radius 3 is 2.87 bits per heavy atom. The molecular weight excluding hydrogens is 311 g/mol. The van der Waals surface area contributed by atoms with Gasteiger partial charge in [-0.1, -0.05) is 6.07 Å². The van der Waals surface area contributed by atoms with Crippen molar-refractivity contribution in [1.82, 2.24) is 0 Å². The molecule has 0 saturated carbocycles. The Morgan fingerprint density at radius 1 is 1.43 bits per heavy atom. The molecule has 128 valence electrons. The summed E-state index contributed by atoms with van der Waals surface area (Å²) in [4.78, 5) is 12.0. The molecule has 1 aromatic carbocycles. The highest BCUT2D eigenvalue weighted by Gasteiger charge is 2.28. The van der Waals surface area contributed by atoms with E-state index in [4.69, 9.17) is 9.47 Å². The van der Waals surface area contributed by atoms with Gasteiger partial charge >= 0.3 is 6.18 Å². The molecule has 23 heavy (non-hydrogen) atoms. The first-order chi connectivity index (χ1) is 10.8. The van der Waals surface area contributed by atoms with Crippen molar-refractivity contribution in [2.24, 2.45) is 0 Å². The van der Waals surface area contributed by atoms with Crippen molar-refractivity contribution in [3.8, 4) is 5.75 Å². The zero-order chi connectivity index (χ0) is 16.9. The number of hydrogen-bond donors (Lipinski definition) is 1. The van der Waals surface area contributed by atoms with Gasteiger partial charge in [-0.25, -0.2) is 0 Å². The van der Waals surface area contributed by atoms with E-state index < -0.39 is 12.8 Å². The van der Waals surface area contributed by atoms with E-state index in [1.54, 1.807) is 19.1 Å². The number of hydrogen-bond acceptors (Lipinski definition) is 3. The molecule has 0 spiro atoms. The molecule has 1 aliphatic heterocycles. The van der Waals surface area contributed by atoms with Crippen LogP contribution in [-0.4, -0.2) is 31.4 Å². The first kappa shape index (κ1) is 17.6. The molecule has 1 aromatic rings. The lowest BCUT2D eigenvalue weighted by molar-refractivity contribution is -0.153. The topological polar surface area (TPSA) is 47.6 Å². The Labute approximate surface area is 133 Å². The highest BCUT2D eigenvalue weighted by Crippen LogP contribution is 2.27. The van der Waals surface area contributed by atoms with Gasteiger partial charge in [0.05, 0.1) is 6.10 Å². The molecule has 2 rings (SSSR count). The minimum Gasteiger partial charge on any atom is -0.484 e. The summed E-state index contributed by atoms with van der Waals surface area (Å²) in [6.45, 7) is 0.996. The number of nitrogens with one attached hydrogen (secondary N) is 1. The van der Waals surface area contributed by atoms with Gasteiger partial charge in [-0.2, -0.15) is 13.2 Å². The molecule has 4 nitrogen and oxygen atoms in total. The Balaban J connectivity index is 1.89. The quantitative estimate of drug-likeness (QED) is 0.862. The van der Waals surface area contributed by atoms with Crippen molar-refractivity contribution in [3.05, 3.63) is 23.8 Å². The van der Waals surface area contributed by atoms with Crippen LogP contribution in [0.25, 0.3) is 0 Å². The van der Waals surface area contributed by atoms with Crippen LogP contribution in [0.4, 0.5) is 18.9 Å². The van der Waals surface area contributed by atoms with Crippen molar-refractivity contribution < 1.29 is 27.4 Å². The number of carbonyl (C=O) groups is 1. The second kappa shape index (κ2) is 7.68. The molecule has 0 aromatic heterocycles. The van der Waals surface area contributed by atoms with Gasteiger partial charge in [0.1, 0.15) is 5.75 Å². The predicted octanol–water partition coefficient (Wildman–Crippen LogP) is 3.83. The Bertz CT molecular complexity index is 540. The smallest absolute Gasteiger partial charge is 0.422 e. The molecule has 1 N–H and O–H groups in total. The first-order valence-electron chi connectivity index (χ1n) is 7.56. The molecule has 7 heteroatoms. The van der Waals surface area contributed by atoms with E-state index in [1.165, 1.54) is 6.07 Å². The zero-order valence-corrected chi connectivity index (χ0v) is 12.9. The van der Waals surface area contributed by atoms with Gasteiger partial charge < -0.3 is 14.8 Å². The average Bonchev–Trinajstić information content (AvgIpc) is 2.98. The second-order valence-corrected chi connectivity index (χ2v) is 5.55. The first-order valence-corrected chi connectivity index (χ1v) is 7.56. The molecule has 0 unspecified atom stereocenters. The normalized spacial score (nSPS) is 18.0. The number of anilines is 1. The van der Waals surface area contributed by atoms with Gasteiger partial charge in [-0.05, 0) is 38.3 Å². The van der Waals surface area contributed by atoms with Gasteiger partial charge in [0.2, 0.25) is 5.91 Å². The maximum absolute atomic E-state index is 12.2. The van der Waals surface area contributed by atoms with E-state index in [0.717, 1.165) is 19.4 Å². The van der Waals surface area contributed by atoms with E-state index in [2.05, 4.69) is 5.32 Å². The van der Waals surface area contributed by atoms with Crippen LogP contribution in [0.3, 0.4) is 0 Å². The van der Waals surface area contributed by atoms with Gasteiger partial charge in [0.15, 0.2) is 6.61 Å². The van der Waals surface area contributed by atoms with E-state index in [-0.39, 0.29) is 17.8 Å². The lowest BCUT2D eigenvalue weighted by atomic mass is 10.1. The van der Waals surface area contributed by atoms with Crippen molar-refractivity contribution in [3.63, 3.8) is 0 Å². The summed E-state index contributed by atoms with van der Waals surface area (Å²) < 4.78 is 46.9. The highest BCUT2D eigenvalue weighted by atomic mass is 19.4. The summed E-state index contributed by atoms with van der Waals surface area (Å²) in [5.74, 6) is -0.0733. The molecule has 1 aliphatic rings. The summed E-state index contributed by atoms with van der Waals surface area (Å²) >= 11 is 0. The summed E-state index contributed by atoms with van der Waals surface area (Å²) in [7, 11) is 0. The lowest BCUT2D eigenvalue weighted by Crippen LogP contribution is -2.20. The van der Waals surface area contributed by atoms with Crippen LogP contribution < -0.4 is 10.1 Å². The fourth-order valence-electron chi connectivity index (χ4n) is 2.44. The number of ether oxygens (including phenoxy) is 2. The molecule has 1 saturated heterocycles. The molecule has 0 aliphatic carbocycles. The zero-order valence-electron chi connectivity index (χ0n) is 12.9. The Hall–Kier alpha value is -1.76. The minimum atomic E-state index is -4.40. The number of benzene rings is 1. The molecule has 1 amide bonds. The number of alkyl halides is 3. The van der Waals surface area contributed by atoms with Crippen molar-refractivity contribution in [2.45, 2.75) is 44.9 Å². The van der Waals surface area contributed by atoms with Crippen LogP contribution in [0.15, 0.2) is 18.2 Å². The second-order valence-electron chi connectivity index (χ2n) is 5.55. The summed E-state index contributed by atoms with van der Waals surface area (Å²) in [5.41, 5.74) is 0.934. The minimum absolute atomic E-state index is 0.110. The largest absolute Gasteiger partial charge is 0.484 e. The average molecular weight is 331 g/mol. The third kappa shape index (κ3) is 5.74. The number of carbonyl (C=O) groups excluding carboxylic acids is 1. The summed E-state index contributed by atoms with van der Waals surface area (Å²) in [5, 5.41) is 2.72. The molecule has 0 radical (unpaired) electrons. The van der Waals surface area contributed by atoms with Crippen LogP contribution >= 0.6 is 0 Å². The molecule has 1 fully saturated rings. The third-order valence-corrected chi connectivity index (χ3v) is 3.67. The van der Waals surface area contributed by atoms with E-state index in [0.29, 0.717) is 24.1 Å². The number of rotatable bonds is 6. The summed E-state index contributed by atoms with van der Waals surface area (Å²) in [6.07, 6.45) is -1.32. The van der Waals surface area contributed by atoms with Crippen LogP contribution in [-0.2, 0) is 9.53 Å². The monoisotopic (exact) mass is 331 g/mol. The Morgan fingerprint density at radius 2 is 2.22 bits per heavy atom. The van der Waals surface area contributed by atoms with Crippen LogP contribution in [0.5, 0.6) is 5.75 Å². The van der Waals surface area contributed by atoms with Crippen LogP contribution in [0.1, 0.15) is 31.2 Å². The summed E-state index contributed by atoms with van der Waals surface area (Å²) in [6, 6.07) is 4.64. The van der Waals surface area contributed by atoms with E-state index >= 15 is 0 Å².